The molecule has 0 saturated carbocycles. The minimum absolute atomic E-state index is 0.377. The number of aromatic nitrogens is 3. The fourth-order valence-electron chi connectivity index (χ4n) is 3.50. The predicted octanol–water partition coefficient (Wildman–Crippen LogP) is 5.95. The van der Waals surface area contributed by atoms with Crippen molar-refractivity contribution in [3.05, 3.63) is 89.4 Å². The second kappa shape index (κ2) is 8.61. The first-order chi connectivity index (χ1) is 15.7. The number of hydrazone groups is 1. The summed E-state index contributed by atoms with van der Waals surface area (Å²) in [6.45, 7) is 0. The molecule has 0 aliphatic rings. The van der Waals surface area contributed by atoms with E-state index in [2.05, 4.69) is 20.5 Å². The molecule has 2 aromatic heterocycles. The molecule has 1 N–H and O–H groups in total. The molecule has 2 heterocycles. The van der Waals surface area contributed by atoms with Gasteiger partial charge < -0.3 is 4.74 Å². The Labute approximate surface area is 189 Å². The number of ether oxygens (including phenoxy) is 1. The van der Waals surface area contributed by atoms with Gasteiger partial charge in [-0.3, -0.25) is 0 Å². The van der Waals surface area contributed by atoms with Crippen LogP contribution < -0.4 is 10.2 Å². The van der Waals surface area contributed by atoms with Gasteiger partial charge in [-0.25, -0.2) is 20.4 Å². The zero-order chi connectivity index (χ0) is 21.9. The maximum absolute atomic E-state index is 6.23. The highest BCUT2D eigenvalue weighted by Crippen LogP contribution is 2.29. The van der Waals surface area contributed by atoms with Gasteiger partial charge in [0.1, 0.15) is 0 Å². The van der Waals surface area contributed by atoms with Crippen molar-refractivity contribution in [2.24, 2.45) is 5.10 Å². The van der Waals surface area contributed by atoms with Gasteiger partial charge in [0.15, 0.2) is 0 Å². The molecule has 6 nitrogen and oxygen atoms in total. The van der Waals surface area contributed by atoms with Crippen molar-refractivity contribution >= 4 is 45.6 Å². The lowest BCUT2D eigenvalue weighted by Crippen LogP contribution is -2.01. The molecule has 0 bridgehead atoms. The summed E-state index contributed by atoms with van der Waals surface area (Å²) in [6.07, 6.45) is 1.65. The normalized spacial score (nSPS) is 11.3. The molecule has 0 atom stereocenters. The van der Waals surface area contributed by atoms with Crippen LogP contribution in [0.1, 0.15) is 5.56 Å². The van der Waals surface area contributed by atoms with Crippen LogP contribution in [0.3, 0.4) is 0 Å². The van der Waals surface area contributed by atoms with Crippen LogP contribution in [-0.2, 0) is 0 Å². The number of nitrogens with zero attached hydrogens (tertiary/aromatic N) is 4. The first kappa shape index (κ1) is 19.9. The summed E-state index contributed by atoms with van der Waals surface area (Å²) in [4.78, 5) is 13.8. The summed E-state index contributed by atoms with van der Waals surface area (Å²) in [5.41, 5.74) is 7.06. The fraction of sp³-hybridized carbons (Fsp3) is 0.0400. The van der Waals surface area contributed by atoms with Gasteiger partial charge in [-0.15, -0.1) is 0 Å². The Hall–Kier alpha value is -4.03. The quantitative estimate of drug-likeness (QED) is 0.270. The molecule has 0 unspecified atom stereocenters. The Balaban J connectivity index is 1.52. The predicted molar refractivity (Wildman–Crippen MR) is 129 cm³/mol. The second-order valence-electron chi connectivity index (χ2n) is 7.07. The number of anilines is 1. The van der Waals surface area contributed by atoms with E-state index in [1.54, 1.807) is 13.3 Å². The maximum atomic E-state index is 6.23. The Morgan fingerprint density at radius 1 is 0.875 bits per heavy atom. The van der Waals surface area contributed by atoms with Gasteiger partial charge in [0, 0.05) is 21.4 Å². The van der Waals surface area contributed by atoms with Crippen molar-refractivity contribution in [1.29, 1.82) is 0 Å². The van der Waals surface area contributed by atoms with E-state index in [1.165, 1.54) is 0 Å². The smallest absolute Gasteiger partial charge is 0.244 e. The average Bonchev–Trinajstić information content (AvgIpc) is 2.84. The lowest BCUT2D eigenvalue weighted by Gasteiger charge is -2.09. The number of nitrogens with one attached hydrogen (secondary N) is 1. The van der Waals surface area contributed by atoms with Crippen molar-refractivity contribution in [3.8, 4) is 17.1 Å². The molecule has 0 saturated heterocycles. The van der Waals surface area contributed by atoms with Gasteiger partial charge in [0.2, 0.25) is 11.8 Å². The Morgan fingerprint density at radius 2 is 1.69 bits per heavy atom. The van der Waals surface area contributed by atoms with Crippen LogP contribution in [0.4, 0.5) is 5.95 Å². The summed E-state index contributed by atoms with van der Waals surface area (Å²) in [7, 11) is 1.59. The number of hydrogen-bond donors (Lipinski definition) is 1. The molecule has 0 aliphatic heterocycles. The van der Waals surface area contributed by atoms with Gasteiger partial charge in [-0.1, -0.05) is 60.1 Å². The Morgan fingerprint density at radius 3 is 2.53 bits per heavy atom. The first-order valence-electron chi connectivity index (χ1n) is 9.97. The molecule has 0 radical (unpaired) electrons. The largest absolute Gasteiger partial charge is 0.481 e. The average molecular weight is 440 g/mol. The monoisotopic (exact) mass is 439 g/mol. The van der Waals surface area contributed by atoms with E-state index in [0.29, 0.717) is 16.9 Å². The third-order valence-corrected chi connectivity index (χ3v) is 5.22. The lowest BCUT2D eigenvalue weighted by molar-refractivity contribution is 0.399. The topological polar surface area (TPSA) is 72.3 Å². The summed E-state index contributed by atoms with van der Waals surface area (Å²) in [5.74, 6) is 0.871. The minimum Gasteiger partial charge on any atom is -0.481 e. The standard InChI is InChI=1S/C25H18ClN5O/c1-32-24-18(13-17-9-5-6-10-21(17)28-24)15-27-31-25-29-22-12-11-19(26)14-20(22)23(30-25)16-7-3-2-4-8-16/h2-15H,1H3,(H,29,30,31). The molecule has 0 spiro atoms. The number of pyridine rings is 1. The highest BCUT2D eigenvalue weighted by molar-refractivity contribution is 6.31. The van der Waals surface area contributed by atoms with E-state index in [0.717, 1.165) is 38.6 Å². The molecule has 156 valence electrons. The molecular formula is C25H18ClN5O. The van der Waals surface area contributed by atoms with Crippen molar-refractivity contribution < 1.29 is 4.74 Å². The highest BCUT2D eigenvalue weighted by Gasteiger charge is 2.11. The Bertz CT molecular complexity index is 1450. The highest BCUT2D eigenvalue weighted by atomic mass is 35.5. The van der Waals surface area contributed by atoms with Crippen LogP contribution >= 0.6 is 11.6 Å². The summed E-state index contributed by atoms with van der Waals surface area (Å²) >= 11 is 6.23. The molecule has 5 rings (SSSR count). The van der Waals surface area contributed by atoms with E-state index in [4.69, 9.17) is 21.3 Å². The number of para-hydroxylation sites is 1. The van der Waals surface area contributed by atoms with Gasteiger partial charge in [-0.05, 0) is 30.3 Å². The van der Waals surface area contributed by atoms with Crippen LogP contribution in [-0.4, -0.2) is 28.3 Å². The third kappa shape index (κ3) is 3.96. The van der Waals surface area contributed by atoms with Crippen molar-refractivity contribution in [3.63, 3.8) is 0 Å². The van der Waals surface area contributed by atoms with Crippen LogP contribution in [0.5, 0.6) is 5.88 Å². The van der Waals surface area contributed by atoms with Crippen LogP contribution in [0, 0.1) is 0 Å². The van der Waals surface area contributed by atoms with Crippen molar-refractivity contribution in [2.45, 2.75) is 0 Å². The fourth-order valence-corrected chi connectivity index (χ4v) is 3.67. The van der Waals surface area contributed by atoms with Gasteiger partial charge >= 0.3 is 0 Å². The summed E-state index contributed by atoms with van der Waals surface area (Å²) in [6, 6.07) is 25.3. The molecule has 0 amide bonds. The second-order valence-corrected chi connectivity index (χ2v) is 7.51. The molecule has 32 heavy (non-hydrogen) atoms. The van der Waals surface area contributed by atoms with E-state index in [1.807, 2.05) is 78.9 Å². The van der Waals surface area contributed by atoms with Gasteiger partial charge in [0.05, 0.1) is 35.6 Å². The zero-order valence-electron chi connectivity index (χ0n) is 17.2. The number of methoxy groups -OCH3 is 1. The number of hydrogen-bond acceptors (Lipinski definition) is 6. The number of halogens is 1. The minimum atomic E-state index is 0.377. The summed E-state index contributed by atoms with van der Waals surface area (Å²) in [5, 5.41) is 6.85. The van der Waals surface area contributed by atoms with Gasteiger partial charge in [0.25, 0.3) is 0 Å². The van der Waals surface area contributed by atoms with Crippen molar-refractivity contribution in [1.82, 2.24) is 15.0 Å². The lowest BCUT2D eigenvalue weighted by atomic mass is 10.1. The number of benzene rings is 3. The van der Waals surface area contributed by atoms with Crippen LogP contribution in [0.2, 0.25) is 5.02 Å². The molecular weight excluding hydrogens is 422 g/mol. The van der Waals surface area contributed by atoms with Crippen LogP contribution in [0.15, 0.2) is 84.0 Å². The van der Waals surface area contributed by atoms with E-state index < -0.39 is 0 Å². The van der Waals surface area contributed by atoms with Gasteiger partial charge in [-0.2, -0.15) is 5.10 Å². The van der Waals surface area contributed by atoms with Crippen molar-refractivity contribution in [2.75, 3.05) is 12.5 Å². The van der Waals surface area contributed by atoms with E-state index >= 15 is 0 Å². The Kier molecular flexibility index (Phi) is 5.35. The molecule has 0 fully saturated rings. The third-order valence-electron chi connectivity index (χ3n) is 4.98. The molecule has 7 heteroatoms. The van der Waals surface area contributed by atoms with Crippen LogP contribution in [0.25, 0.3) is 33.1 Å². The molecule has 5 aromatic rings. The van der Waals surface area contributed by atoms with E-state index in [-0.39, 0.29) is 0 Å². The zero-order valence-corrected chi connectivity index (χ0v) is 17.9. The maximum Gasteiger partial charge on any atom is 0.244 e. The summed E-state index contributed by atoms with van der Waals surface area (Å²) < 4.78 is 5.43. The molecule has 3 aromatic carbocycles. The van der Waals surface area contributed by atoms with E-state index in [9.17, 15) is 0 Å². The number of fused-ring (bicyclic) bond motifs is 2. The first-order valence-corrected chi connectivity index (χ1v) is 10.3. The SMILES string of the molecule is COc1nc2ccccc2cc1C=NNc1nc(-c2ccccc2)c2cc(Cl)ccc2n1. The molecule has 0 aliphatic carbocycles. The number of rotatable bonds is 5.